The van der Waals surface area contributed by atoms with Crippen molar-refractivity contribution >= 4 is 57.6 Å². The molecule has 0 atom stereocenters. The standard InChI is InChI=1S/C17H25BrN6S.HI/c1-17(2,25-14-8-6-13(18)7-9-14)11-20-16(19-3)23(4)10-15-21-12-22-24(15)5;/h6-9,12H,10-11H2,1-5H3,(H,19,20);1H. The number of hydrogen-bond donors (Lipinski definition) is 1. The quantitative estimate of drug-likeness (QED) is 0.256. The summed E-state index contributed by atoms with van der Waals surface area (Å²) in [5.41, 5.74) is 0. The summed E-state index contributed by atoms with van der Waals surface area (Å²) in [6, 6.07) is 8.40. The van der Waals surface area contributed by atoms with E-state index in [4.69, 9.17) is 0 Å². The van der Waals surface area contributed by atoms with Crippen molar-refractivity contribution in [1.29, 1.82) is 0 Å². The van der Waals surface area contributed by atoms with Crippen molar-refractivity contribution in [2.24, 2.45) is 12.0 Å². The molecule has 144 valence electrons. The first-order valence-electron chi connectivity index (χ1n) is 8.00. The third-order valence-corrected chi connectivity index (χ3v) is 5.37. The van der Waals surface area contributed by atoms with Crippen LogP contribution in [0.4, 0.5) is 0 Å². The zero-order chi connectivity index (χ0) is 18.4. The lowest BCUT2D eigenvalue weighted by Gasteiger charge is -2.28. The first kappa shape index (κ1) is 23.2. The molecule has 0 bridgehead atoms. The number of nitrogens with zero attached hydrogens (tertiary/aromatic N) is 5. The van der Waals surface area contributed by atoms with Crippen molar-refractivity contribution in [3.8, 4) is 0 Å². The van der Waals surface area contributed by atoms with Crippen LogP contribution in [-0.4, -0.2) is 51.0 Å². The van der Waals surface area contributed by atoms with Gasteiger partial charge in [0.05, 0.1) is 6.54 Å². The van der Waals surface area contributed by atoms with Gasteiger partial charge in [-0.1, -0.05) is 15.9 Å². The maximum absolute atomic E-state index is 4.38. The number of aryl methyl sites for hydroxylation is 1. The molecule has 1 N–H and O–H groups in total. The van der Waals surface area contributed by atoms with Gasteiger partial charge in [-0.3, -0.25) is 9.67 Å². The molecular formula is C17H26BrIN6S. The number of nitrogens with one attached hydrogen (secondary N) is 1. The Bertz CT molecular complexity index is 716. The second kappa shape index (κ2) is 10.5. The molecule has 0 radical (unpaired) electrons. The van der Waals surface area contributed by atoms with E-state index in [1.165, 1.54) is 4.90 Å². The number of rotatable bonds is 6. The Morgan fingerprint density at radius 3 is 2.54 bits per heavy atom. The average molecular weight is 553 g/mol. The lowest BCUT2D eigenvalue weighted by atomic mass is 10.2. The Labute approximate surface area is 185 Å². The van der Waals surface area contributed by atoms with Gasteiger partial charge in [-0.15, -0.1) is 35.7 Å². The van der Waals surface area contributed by atoms with Gasteiger partial charge in [-0.05, 0) is 38.1 Å². The van der Waals surface area contributed by atoms with E-state index in [1.54, 1.807) is 18.1 Å². The second-order valence-corrected chi connectivity index (χ2v) is 9.07. The molecule has 0 saturated carbocycles. The van der Waals surface area contributed by atoms with E-state index in [0.29, 0.717) is 6.54 Å². The SMILES string of the molecule is CN=C(NCC(C)(C)Sc1ccc(Br)cc1)N(C)Cc1ncnn1C.I. The molecule has 1 aromatic heterocycles. The number of benzene rings is 1. The molecule has 0 amide bonds. The molecule has 0 spiro atoms. The van der Waals surface area contributed by atoms with Crippen molar-refractivity contribution in [3.05, 3.63) is 40.9 Å². The predicted molar refractivity (Wildman–Crippen MR) is 123 cm³/mol. The minimum atomic E-state index is 0. The molecule has 0 fully saturated rings. The monoisotopic (exact) mass is 552 g/mol. The van der Waals surface area contributed by atoms with Crippen LogP contribution >= 0.6 is 51.7 Å². The Kier molecular flexibility index (Phi) is 9.39. The van der Waals surface area contributed by atoms with Crippen LogP contribution in [0.1, 0.15) is 19.7 Å². The maximum atomic E-state index is 4.38. The van der Waals surface area contributed by atoms with Gasteiger partial charge in [-0.2, -0.15) is 5.10 Å². The van der Waals surface area contributed by atoms with E-state index in [-0.39, 0.29) is 28.7 Å². The Hall–Kier alpha value is -0.810. The lowest BCUT2D eigenvalue weighted by molar-refractivity contribution is 0.445. The number of thioether (sulfide) groups is 1. The van der Waals surface area contributed by atoms with Crippen LogP contribution in [0.2, 0.25) is 0 Å². The highest BCUT2D eigenvalue weighted by Crippen LogP contribution is 2.32. The van der Waals surface area contributed by atoms with Crippen LogP contribution in [0.25, 0.3) is 0 Å². The number of hydrogen-bond acceptors (Lipinski definition) is 4. The summed E-state index contributed by atoms with van der Waals surface area (Å²) < 4.78 is 2.89. The summed E-state index contributed by atoms with van der Waals surface area (Å²) in [5, 5.41) is 7.57. The molecule has 1 aromatic carbocycles. The summed E-state index contributed by atoms with van der Waals surface area (Å²) in [5.74, 6) is 1.74. The predicted octanol–water partition coefficient (Wildman–Crippen LogP) is 3.77. The highest BCUT2D eigenvalue weighted by molar-refractivity contribution is 14.0. The van der Waals surface area contributed by atoms with Crippen LogP contribution < -0.4 is 5.32 Å². The summed E-state index contributed by atoms with van der Waals surface area (Å²) in [6.07, 6.45) is 1.57. The van der Waals surface area contributed by atoms with Gasteiger partial charge in [0.15, 0.2) is 5.96 Å². The van der Waals surface area contributed by atoms with Crippen LogP contribution in [0.3, 0.4) is 0 Å². The van der Waals surface area contributed by atoms with Crippen LogP contribution in [0.15, 0.2) is 45.0 Å². The summed E-state index contributed by atoms with van der Waals surface area (Å²) in [7, 11) is 5.69. The number of halogens is 2. The molecule has 0 aliphatic carbocycles. The van der Waals surface area contributed by atoms with Gasteiger partial charge in [0.2, 0.25) is 0 Å². The molecule has 1 heterocycles. The lowest BCUT2D eigenvalue weighted by Crippen LogP contribution is -2.44. The Morgan fingerprint density at radius 2 is 2.00 bits per heavy atom. The van der Waals surface area contributed by atoms with E-state index in [9.17, 15) is 0 Å². The summed E-state index contributed by atoms with van der Waals surface area (Å²) >= 11 is 5.32. The van der Waals surface area contributed by atoms with Crippen molar-refractivity contribution in [2.75, 3.05) is 20.6 Å². The smallest absolute Gasteiger partial charge is 0.193 e. The first-order valence-corrected chi connectivity index (χ1v) is 9.61. The molecule has 2 aromatic rings. The molecule has 0 aliphatic rings. The van der Waals surface area contributed by atoms with E-state index >= 15 is 0 Å². The average Bonchev–Trinajstić information content (AvgIpc) is 2.95. The largest absolute Gasteiger partial charge is 0.355 e. The van der Waals surface area contributed by atoms with Crippen LogP contribution in [0.5, 0.6) is 0 Å². The van der Waals surface area contributed by atoms with Gasteiger partial charge in [-0.25, -0.2) is 4.98 Å². The van der Waals surface area contributed by atoms with Crippen LogP contribution in [0, 0.1) is 0 Å². The molecule has 0 unspecified atom stereocenters. The molecule has 6 nitrogen and oxygen atoms in total. The fraction of sp³-hybridized carbons (Fsp3) is 0.471. The van der Waals surface area contributed by atoms with Crippen molar-refractivity contribution in [2.45, 2.75) is 30.0 Å². The van der Waals surface area contributed by atoms with Gasteiger partial charge in [0.25, 0.3) is 0 Å². The third-order valence-electron chi connectivity index (χ3n) is 3.64. The fourth-order valence-corrected chi connectivity index (χ4v) is 3.60. The van der Waals surface area contributed by atoms with E-state index in [2.05, 4.69) is 74.4 Å². The number of aliphatic imine (C=N–C) groups is 1. The third kappa shape index (κ3) is 7.07. The maximum Gasteiger partial charge on any atom is 0.193 e. The number of aromatic nitrogens is 3. The molecule has 26 heavy (non-hydrogen) atoms. The van der Waals surface area contributed by atoms with Gasteiger partial charge >= 0.3 is 0 Å². The molecule has 9 heteroatoms. The molecule has 0 aliphatic heterocycles. The zero-order valence-corrected chi connectivity index (χ0v) is 20.5. The molecular weight excluding hydrogens is 527 g/mol. The minimum Gasteiger partial charge on any atom is -0.355 e. The molecule has 0 saturated heterocycles. The van der Waals surface area contributed by atoms with Crippen molar-refractivity contribution < 1.29 is 0 Å². The van der Waals surface area contributed by atoms with E-state index < -0.39 is 0 Å². The van der Waals surface area contributed by atoms with Gasteiger partial charge < -0.3 is 10.2 Å². The minimum absolute atomic E-state index is 0. The second-order valence-electron chi connectivity index (χ2n) is 6.37. The fourth-order valence-electron chi connectivity index (χ4n) is 2.28. The Balaban J connectivity index is 0.00000338. The number of guanidine groups is 1. The zero-order valence-electron chi connectivity index (χ0n) is 15.7. The van der Waals surface area contributed by atoms with Gasteiger partial charge in [0.1, 0.15) is 12.2 Å². The summed E-state index contributed by atoms with van der Waals surface area (Å²) in [4.78, 5) is 11.9. The van der Waals surface area contributed by atoms with Crippen LogP contribution in [-0.2, 0) is 13.6 Å². The van der Waals surface area contributed by atoms with Gasteiger partial charge in [0, 0.05) is 41.8 Å². The first-order chi connectivity index (χ1) is 11.8. The van der Waals surface area contributed by atoms with E-state index in [1.807, 2.05) is 30.8 Å². The van der Waals surface area contributed by atoms with Crippen molar-refractivity contribution in [1.82, 2.24) is 25.0 Å². The van der Waals surface area contributed by atoms with Crippen molar-refractivity contribution in [3.63, 3.8) is 0 Å². The highest BCUT2D eigenvalue weighted by atomic mass is 127. The normalized spacial score (nSPS) is 11.8. The Morgan fingerprint density at radius 1 is 1.35 bits per heavy atom. The summed E-state index contributed by atoms with van der Waals surface area (Å²) in [6.45, 7) is 5.89. The molecule has 2 rings (SSSR count). The van der Waals surface area contributed by atoms with E-state index in [0.717, 1.165) is 22.8 Å². The highest BCUT2D eigenvalue weighted by Gasteiger charge is 2.21. The topological polar surface area (TPSA) is 58.3 Å².